The zero-order valence-electron chi connectivity index (χ0n) is 10.9. The minimum absolute atomic E-state index is 0.0748. The molecule has 1 aromatic heterocycles. The van der Waals surface area contributed by atoms with Gasteiger partial charge in [0.25, 0.3) is 0 Å². The smallest absolute Gasteiger partial charge is 0.236 e. The van der Waals surface area contributed by atoms with Gasteiger partial charge in [0.15, 0.2) is 17.3 Å². The molecule has 104 valence electrons. The number of nitrogens with zero attached hydrogens (tertiary/aromatic N) is 2. The Morgan fingerprint density at radius 3 is 3.00 bits per heavy atom. The molecule has 1 aliphatic rings. The lowest BCUT2D eigenvalue weighted by molar-refractivity contribution is -0.120. The van der Waals surface area contributed by atoms with Gasteiger partial charge in [-0.3, -0.25) is 4.79 Å². The van der Waals surface area contributed by atoms with E-state index in [0.717, 1.165) is 11.3 Å². The Bertz CT molecular complexity index is 638. The molecule has 0 radical (unpaired) electrons. The van der Waals surface area contributed by atoms with Gasteiger partial charge in [-0.15, -0.1) is 0 Å². The Kier molecular flexibility index (Phi) is 3.24. The number of aromatic nitrogens is 2. The molecule has 0 saturated carbocycles. The molecule has 7 heteroatoms. The quantitative estimate of drug-likeness (QED) is 0.894. The second-order valence-electron chi connectivity index (χ2n) is 4.38. The number of amides is 1. The van der Waals surface area contributed by atoms with Crippen LogP contribution in [-0.4, -0.2) is 22.8 Å². The summed E-state index contributed by atoms with van der Waals surface area (Å²) in [6.07, 6.45) is 0.0748. The van der Waals surface area contributed by atoms with Gasteiger partial charge >= 0.3 is 0 Å². The second kappa shape index (κ2) is 5.20. The molecule has 1 aliphatic heterocycles. The Morgan fingerprint density at radius 2 is 2.20 bits per heavy atom. The third-order valence-corrected chi connectivity index (χ3v) is 2.81. The average molecular weight is 275 g/mol. The van der Waals surface area contributed by atoms with E-state index in [9.17, 15) is 4.79 Å². The molecular formula is C13H13N3O4. The number of carbonyl (C=O) groups excluding carboxylic acids is 1. The molecule has 1 amide bonds. The van der Waals surface area contributed by atoms with Crippen LogP contribution >= 0.6 is 0 Å². The van der Waals surface area contributed by atoms with Crippen molar-refractivity contribution in [2.75, 3.05) is 6.79 Å². The Balaban J connectivity index is 1.55. The fraction of sp³-hybridized carbons (Fsp3) is 0.308. The summed E-state index contributed by atoms with van der Waals surface area (Å²) in [6.45, 7) is 2.35. The lowest BCUT2D eigenvalue weighted by atomic mass is 10.2. The lowest BCUT2D eigenvalue weighted by Crippen LogP contribution is -2.24. The van der Waals surface area contributed by atoms with Crippen LogP contribution in [0.4, 0.5) is 0 Å². The van der Waals surface area contributed by atoms with E-state index in [4.69, 9.17) is 14.0 Å². The molecule has 1 N–H and O–H groups in total. The first-order chi connectivity index (χ1) is 9.70. The minimum atomic E-state index is -0.175. The summed E-state index contributed by atoms with van der Waals surface area (Å²) < 4.78 is 15.4. The highest BCUT2D eigenvalue weighted by atomic mass is 16.7. The first-order valence-corrected chi connectivity index (χ1v) is 6.15. The number of rotatable bonds is 4. The Morgan fingerprint density at radius 1 is 1.35 bits per heavy atom. The van der Waals surface area contributed by atoms with Gasteiger partial charge in [0.05, 0.1) is 0 Å². The number of benzene rings is 1. The van der Waals surface area contributed by atoms with Gasteiger partial charge in [-0.25, -0.2) is 0 Å². The first kappa shape index (κ1) is 12.5. The molecule has 0 saturated heterocycles. The third kappa shape index (κ3) is 2.71. The monoisotopic (exact) mass is 275 g/mol. The van der Waals surface area contributed by atoms with Crippen LogP contribution in [0.2, 0.25) is 0 Å². The fourth-order valence-corrected chi connectivity index (χ4v) is 1.86. The SMILES string of the molecule is Cc1noc(CC(=O)NCc2ccc3c(c2)OCO3)n1. The normalized spacial score (nSPS) is 12.4. The van der Waals surface area contributed by atoms with Gasteiger partial charge in [0, 0.05) is 6.54 Å². The molecule has 2 aromatic rings. The summed E-state index contributed by atoms with van der Waals surface area (Å²) in [5, 5.41) is 6.42. The third-order valence-electron chi connectivity index (χ3n) is 2.81. The average Bonchev–Trinajstić information content (AvgIpc) is 3.04. The number of ether oxygens (including phenoxy) is 2. The topological polar surface area (TPSA) is 86.5 Å². The van der Waals surface area contributed by atoms with E-state index in [1.807, 2.05) is 18.2 Å². The van der Waals surface area contributed by atoms with Crippen molar-refractivity contribution >= 4 is 5.91 Å². The lowest BCUT2D eigenvalue weighted by Gasteiger charge is -2.04. The number of carbonyl (C=O) groups is 1. The minimum Gasteiger partial charge on any atom is -0.454 e. The predicted octanol–water partition coefficient (Wildman–Crippen LogP) is 0.966. The number of fused-ring (bicyclic) bond motifs is 1. The van der Waals surface area contributed by atoms with Crippen molar-refractivity contribution in [2.45, 2.75) is 19.9 Å². The highest BCUT2D eigenvalue weighted by Gasteiger charge is 2.14. The van der Waals surface area contributed by atoms with Crippen LogP contribution in [-0.2, 0) is 17.8 Å². The number of hydrogen-bond acceptors (Lipinski definition) is 6. The highest BCUT2D eigenvalue weighted by Crippen LogP contribution is 2.32. The number of hydrogen-bond donors (Lipinski definition) is 1. The molecule has 0 aliphatic carbocycles. The van der Waals surface area contributed by atoms with Gasteiger partial charge < -0.3 is 19.3 Å². The van der Waals surface area contributed by atoms with Crippen molar-refractivity contribution < 1.29 is 18.8 Å². The maximum atomic E-state index is 11.7. The van der Waals surface area contributed by atoms with E-state index in [1.165, 1.54) is 0 Å². The molecule has 20 heavy (non-hydrogen) atoms. The van der Waals surface area contributed by atoms with Gasteiger partial charge in [-0.2, -0.15) is 4.98 Å². The predicted molar refractivity (Wildman–Crippen MR) is 67.2 cm³/mol. The van der Waals surface area contributed by atoms with Crippen LogP contribution in [0.3, 0.4) is 0 Å². The number of nitrogens with one attached hydrogen (secondary N) is 1. The summed E-state index contributed by atoms with van der Waals surface area (Å²) in [4.78, 5) is 15.7. The van der Waals surface area contributed by atoms with E-state index in [1.54, 1.807) is 6.92 Å². The molecule has 7 nitrogen and oxygen atoms in total. The van der Waals surface area contributed by atoms with Gasteiger partial charge in [0.1, 0.15) is 6.42 Å². The first-order valence-electron chi connectivity index (χ1n) is 6.15. The molecule has 0 unspecified atom stereocenters. The van der Waals surface area contributed by atoms with Crippen molar-refractivity contribution in [1.29, 1.82) is 0 Å². The molecule has 1 aromatic carbocycles. The number of aryl methyl sites for hydroxylation is 1. The van der Waals surface area contributed by atoms with Crippen LogP contribution in [0, 0.1) is 6.92 Å². The van der Waals surface area contributed by atoms with E-state index in [-0.39, 0.29) is 19.1 Å². The van der Waals surface area contributed by atoms with E-state index in [2.05, 4.69) is 15.5 Å². The summed E-state index contributed by atoms with van der Waals surface area (Å²) >= 11 is 0. The Hall–Kier alpha value is -2.57. The van der Waals surface area contributed by atoms with Crippen molar-refractivity contribution in [1.82, 2.24) is 15.5 Å². The molecule has 2 heterocycles. The van der Waals surface area contributed by atoms with Crippen molar-refractivity contribution in [2.24, 2.45) is 0 Å². The second-order valence-corrected chi connectivity index (χ2v) is 4.38. The van der Waals surface area contributed by atoms with Crippen LogP contribution < -0.4 is 14.8 Å². The standard InChI is InChI=1S/C13H13N3O4/c1-8-15-13(20-16-8)5-12(17)14-6-9-2-3-10-11(4-9)19-7-18-10/h2-4H,5-7H2,1H3,(H,14,17). The van der Waals surface area contributed by atoms with Crippen molar-refractivity contribution in [3.63, 3.8) is 0 Å². The molecule has 0 spiro atoms. The van der Waals surface area contributed by atoms with E-state index >= 15 is 0 Å². The molecular weight excluding hydrogens is 262 g/mol. The van der Waals surface area contributed by atoms with E-state index < -0.39 is 0 Å². The Labute approximate surface area is 114 Å². The van der Waals surface area contributed by atoms with Crippen molar-refractivity contribution in [3.05, 3.63) is 35.5 Å². The molecule has 0 fully saturated rings. The van der Waals surface area contributed by atoms with Crippen LogP contribution in [0.5, 0.6) is 11.5 Å². The maximum absolute atomic E-state index is 11.7. The van der Waals surface area contributed by atoms with E-state index in [0.29, 0.717) is 24.0 Å². The van der Waals surface area contributed by atoms with Crippen molar-refractivity contribution in [3.8, 4) is 11.5 Å². The summed E-state index contributed by atoms with van der Waals surface area (Å²) in [7, 11) is 0. The van der Waals surface area contributed by atoms with Crippen LogP contribution in [0.1, 0.15) is 17.3 Å². The highest BCUT2D eigenvalue weighted by molar-refractivity contribution is 5.77. The van der Waals surface area contributed by atoms with Gasteiger partial charge in [0.2, 0.25) is 18.6 Å². The van der Waals surface area contributed by atoms with Crippen LogP contribution in [0.15, 0.2) is 22.7 Å². The summed E-state index contributed by atoms with van der Waals surface area (Å²) in [6, 6.07) is 5.55. The van der Waals surface area contributed by atoms with Gasteiger partial charge in [-0.05, 0) is 24.6 Å². The van der Waals surface area contributed by atoms with Crippen LogP contribution in [0.25, 0.3) is 0 Å². The van der Waals surface area contributed by atoms with Gasteiger partial charge in [-0.1, -0.05) is 11.2 Å². The maximum Gasteiger partial charge on any atom is 0.236 e. The fourth-order valence-electron chi connectivity index (χ4n) is 1.86. The molecule has 0 atom stereocenters. The zero-order valence-corrected chi connectivity index (χ0v) is 10.9. The molecule has 3 rings (SSSR count). The largest absolute Gasteiger partial charge is 0.454 e. The summed E-state index contributed by atoms with van der Waals surface area (Å²) in [5.74, 6) is 2.08. The zero-order chi connectivity index (χ0) is 13.9. The summed E-state index contributed by atoms with van der Waals surface area (Å²) in [5.41, 5.74) is 0.935. The molecule has 0 bridgehead atoms.